The van der Waals surface area contributed by atoms with Crippen molar-refractivity contribution in [1.82, 2.24) is 5.32 Å². The zero-order valence-corrected chi connectivity index (χ0v) is 10.6. The van der Waals surface area contributed by atoms with E-state index in [1.807, 2.05) is 0 Å². The fourth-order valence-corrected chi connectivity index (χ4v) is 1.70. The van der Waals surface area contributed by atoms with Gasteiger partial charge in [0.1, 0.15) is 0 Å². The first-order valence-electron chi connectivity index (χ1n) is 5.18. The van der Waals surface area contributed by atoms with Crippen molar-refractivity contribution in [2.45, 2.75) is 34.1 Å². The van der Waals surface area contributed by atoms with Gasteiger partial charge in [0, 0.05) is 12.3 Å². The summed E-state index contributed by atoms with van der Waals surface area (Å²) in [5.74, 6) is 0.502. The SMILES string of the molecule is CCS(=O)(=O)CCNCCC(C)(C)C. The van der Waals surface area contributed by atoms with Gasteiger partial charge >= 0.3 is 0 Å². The van der Waals surface area contributed by atoms with E-state index in [-0.39, 0.29) is 11.5 Å². The molecule has 0 radical (unpaired) electrons. The molecule has 0 amide bonds. The summed E-state index contributed by atoms with van der Waals surface area (Å²) < 4.78 is 22.2. The van der Waals surface area contributed by atoms with Crippen molar-refractivity contribution in [2.24, 2.45) is 5.41 Å². The van der Waals surface area contributed by atoms with E-state index in [1.54, 1.807) is 6.92 Å². The average Bonchev–Trinajstić information content (AvgIpc) is 2.01. The van der Waals surface area contributed by atoms with Crippen molar-refractivity contribution in [3.05, 3.63) is 0 Å². The highest BCUT2D eigenvalue weighted by molar-refractivity contribution is 7.91. The number of nitrogens with one attached hydrogen (secondary N) is 1. The van der Waals surface area contributed by atoms with Crippen LogP contribution in [0.5, 0.6) is 0 Å². The average molecular weight is 221 g/mol. The second kappa shape index (κ2) is 5.71. The van der Waals surface area contributed by atoms with Crippen LogP contribution in [0.3, 0.4) is 0 Å². The molecule has 14 heavy (non-hydrogen) atoms. The zero-order chi connectivity index (χ0) is 11.2. The van der Waals surface area contributed by atoms with Crippen molar-refractivity contribution in [3.63, 3.8) is 0 Å². The van der Waals surface area contributed by atoms with Gasteiger partial charge in [-0.1, -0.05) is 27.7 Å². The molecule has 0 atom stereocenters. The molecule has 0 aliphatic carbocycles. The van der Waals surface area contributed by atoms with Crippen LogP contribution in [0.15, 0.2) is 0 Å². The summed E-state index contributed by atoms with van der Waals surface area (Å²) >= 11 is 0. The van der Waals surface area contributed by atoms with Gasteiger partial charge in [0.15, 0.2) is 9.84 Å². The molecule has 0 bridgehead atoms. The quantitative estimate of drug-likeness (QED) is 0.691. The van der Waals surface area contributed by atoms with Crippen LogP contribution in [-0.4, -0.2) is 33.0 Å². The summed E-state index contributed by atoms with van der Waals surface area (Å²) in [6.07, 6.45) is 1.07. The predicted molar refractivity (Wildman–Crippen MR) is 61.3 cm³/mol. The zero-order valence-electron chi connectivity index (χ0n) is 9.76. The molecule has 0 fully saturated rings. The molecule has 1 N–H and O–H groups in total. The van der Waals surface area contributed by atoms with Crippen LogP contribution in [0.4, 0.5) is 0 Å². The van der Waals surface area contributed by atoms with E-state index in [2.05, 4.69) is 26.1 Å². The van der Waals surface area contributed by atoms with Gasteiger partial charge in [-0.2, -0.15) is 0 Å². The number of hydrogen-bond acceptors (Lipinski definition) is 3. The Morgan fingerprint density at radius 3 is 2.14 bits per heavy atom. The van der Waals surface area contributed by atoms with E-state index in [0.717, 1.165) is 13.0 Å². The third kappa shape index (κ3) is 8.51. The molecule has 0 aliphatic heterocycles. The second-order valence-corrected chi connectivity index (χ2v) is 7.27. The molecule has 3 nitrogen and oxygen atoms in total. The minimum absolute atomic E-state index is 0.244. The maximum Gasteiger partial charge on any atom is 0.151 e. The Morgan fingerprint density at radius 2 is 1.71 bits per heavy atom. The van der Waals surface area contributed by atoms with E-state index in [0.29, 0.717) is 12.0 Å². The smallest absolute Gasteiger partial charge is 0.151 e. The van der Waals surface area contributed by atoms with E-state index in [1.165, 1.54) is 0 Å². The minimum atomic E-state index is -2.80. The summed E-state index contributed by atoms with van der Waals surface area (Å²) in [5.41, 5.74) is 0.316. The maximum absolute atomic E-state index is 11.1. The van der Waals surface area contributed by atoms with Gasteiger partial charge in [-0.05, 0) is 18.4 Å². The van der Waals surface area contributed by atoms with Crippen molar-refractivity contribution < 1.29 is 8.42 Å². The molecular weight excluding hydrogens is 198 g/mol. The second-order valence-electron chi connectivity index (χ2n) is 4.80. The molecule has 86 valence electrons. The van der Waals surface area contributed by atoms with Gasteiger partial charge in [-0.25, -0.2) is 8.42 Å². The van der Waals surface area contributed by atoms with Crippen molar-refractivity contribution in [2.75, 3.05) is 24.6 Å². The minimum Gasteiger partial charge on any atom is -0.316 e. The summed E-state index contributed by atoms with van der Waals surface area (Å²) in [4.78, 5) is 0. The van der Waals surface area contributed by atoms with E-state index < -0.39 is 9.84 Å². The summed E-state index contributed by atoms with van der Waals surface area (Å²) in [5, 5.41) is 3.15. The van der Waals surface area contributed by atoms with Gasteiger partial charge in [0.25, 0.3) is 0 Å². The van der Waals surface area contributed by atoms with E-state index in [9.17, 15) is 8.42 Å². The molecule has 0 aromatic heterocycles. The first-order chi connectivity index (χ1) is 6.27. The fraction of sp³-hybridized carbons (Fsp3) is 1.00. The lowest BCUT2D eigenvalue weighted by molar-refractivity contribution is 0.369. The lowest BCUT2D eigenvalue weighted by atomic mass is 9.92. The Morgan fingerprint density at radius 1 is 1.14 bits per heavy atom. The number of sulfone groups is 1. The van der Waals surface area contributed by atoms with Crippen LogP contribution in [0, 0.1) is 5.41 Å². The molecule has 0 heterocycles. The van der Waals surface area contributed by atoms with Crippen molar-refractivity contribution in [1.29, 1.82) is 0 Å². The standard InChI is InChI=1S/C10H23NO2S/c1-5-14(12,13)9-8-11-7-6-10(2,3)4/h11H,5-9H2,1-4H3. The summed E-state index contributed by atoms with van der Waals surface area (Å²) in [6, 6.07) is 0. The van der Waals surface area contributed by atoms with Gasteiger partial charge in [-0.15, -0.1) is 0 Å². The highest BCUT2D eigenvalue weighted by Gasteiger charge is 2.10. The van der Waals surface area contributed by atoms with Crippen LogP contribution in [0.1, 0.15) is 34.1 Å². The largest absolute Gasteiger partial charge is 0.316 e. The Bertz CT molecular complexity index is 239. The molecule has 0 aromatic rings. The van der Waals surface area contributed by atoms with Crippen LogP contribution >= 0.6 is 0 Å². The topological polar surface area (TPSA) is 46.2 Å². The summed E-state index contributed by atoms with van der Waals surface area (Å²) in [6.45, 7) is 9.69. The van der Waals surface area contributed by atoms with Gasteiger partial charge in [0.2, 0.25) is 0 Å². The first-order valence-corrected chi connectivity index (χ1v) is 7.00. The molecule has 0 unspecified atom stereocenters. The molecule has 0 aliphatic rings. The van der Waals surface area contributed by atoms with Crippen LogP contribution in [0.25, 0.3) is 0 Å². The van der Waals surface area contributed by atoms with Gasteiger partial charge < -0.3 is 5.32 Å². The molecule has 4 heteroatoms. The third-order valence-electron chi connectivity index (χ3n) is 2.08. The van der Waals surface area contributed by atoms with E-state index in [4.69, 9.17) is 0 Å². The summed E-state index contributed by atoms with van der Waals surface area (Å²) in [7, 11) is -2.80. The molecule has 0 aromatic carbocycles. The lowest BCUT2D eigenvalue weighted by Gasteiger charge is -2.17. The lowest BCUT2D eigenvalue weighted by Crippen LogP contribution is -2.26. The number of rotatable bonds is 6. The number of hydrogen-bond donors (Lipinski definition) is 1. The predicted octanol–water partition coefficient (Wildman–Crippen LogP) is 1.45. The maximum atomic E-state index is 11.1. The third-order valence-corrected chi connectivity index (χ3v) is 3.79. The molecule has 0 spiro atoms. The van der Waals surface area contributed by atoms with E-state index >= 15 is 0 Å². The van der Waals surface area contributed by atoms with Gasteiger partial charge in [0.05, 0.1) is 5.75 Å². The first kappa shape index (κ1) is 13.9. The van der Waals surface area contributed by atoms with Gasteiger partial charge in [-0.3, -0.25) is 0 Å². The molecular formula is C10H23NO2S. The van der Waals surface area contributed by atoms with Crippen LogP contribution in [0.2, 0.25) is 0 Å². The normalized spacial score (nSPS) is 13.1. The monoisotopic (exact) mass is 221 g/mol. The highest BCUT2D eigenvalue weighted by Crippen LogP contribution is 2.16. The van der Waals surface area contributed by atoms with Crippen molar-refractivity contribution >= 4 is 9.84 Å². The Labute approximate surface area is 88.2 Å². The molecule has 0 saturated carbocycles. The Balaban J connectivity index is 3.49. The Kier molecular flexibility index (Phi) is 5.67. The fourth-order valence-electron chi connectivity index (χ4n) is 0.960. The van der Waals surface area contributed by atoms with Crippen LogP contribution < -0.4 is 5.32 Å². The van der Waals surface area contributed by atoms with Crippen molar-refractivity contribution in [3.8, 4) is 0 Å². The van der Waals surface area contributed by atoms with Crippen LogP contribution in [-0.2, 0) is 9.84 Å². The highest BCUT2D eigenvalue weighted by atomic mass is 32.2. The Hall–Kier alpha value is -0.0900. The molecule has 0 rings (SSSR count). The molecule has 0 saturated heterocycles.